The first-order valence-corrected chi connectivity index (χ1v) is 8.60. The van der Waals surface area contributed by atoms with Crippen LogP contribution >= 0.6 is 0 Å². The van der Waals surface area contributed by atoms with E-state index >= 15 is 0 Å². The molecule has 0 saturated carbocycles. The Hall–Kier alpha value is -3.00. The van der Waals surface area contributed by atoms with Crippen LogP contribution in [0.15, 0.2) is 30.9 Å². The van der Waals surface area contributed by atoms with Crippen LogP contribution in [0.4, 0.5) is 5.82 Å². The summed E-state index contributed by atoms with van der Waals surface area (Å²) in [4.78, 5) is 20.4. The molecule has 26 heavy (non-hydrogen) atoms. The normalized spacial score (nSPS) is 17.3. The molecule has 134 valence electrons. The van der Waals surface area contributed by atoms with Crippen molar-refractivity contribution in [3.8, 4) is 11.1 Å². The lowest BCUT2D eigenvalue weighted by atomic mass is 10.0. The van der Waals surface area contributed by atoms with Crippen molar-refractivity contribution in [3.05, 3.63) is 36.4 Å². The van der Waals surface area contributed by atoms with Gasteiger partial charge < -0.3 is 15.7 Å². The van der Waals surface area contributed by atoms with Crippen LogP contribution in [-0.4, -0.2) is 50.0 Å². The van der Waals surface area contributed by atoms with Gasteiger partial charge >= 0.3 is 5.97 Å². The summed E-state index contributed by atoms with van der Waals surface area (Å²) >= 11 is 0. The van der Waals surface area contributed by atoms with Crippen molar-refractivity contribution in [3.63, 3.8) is 0 Å². The number of aromatic carboxylic acids is 1. The quantitative estimate of drug-likeness (QED) is 0.658. The molecular weight excluding hydrogens is 332 g/mol. The number of fused-ring (bicyclic) bond motifs is 1. The van der Waals surface area contributed by atoms with E-state index in [4.69, 9.17) is 0 Å². The minimum atomic E-state index is -1.01. The summed E-state index contributed by atoms with van der Waals surface area (Å²) < 4.78 is 1.69. The third-order valence-electron chi connectivity index (χ3n) is 4.65. The number of aryl methyl sites for hydroxylation is 1. The highest BCUT2D eigenvalue weighted by Gasteiger charge is 2.19. The van der Waals surface area contributed by atoms with E-state index in [0.717, 1.165) is 37.1 Å². The molecule has 3 aromatic rings. The molecule has 0 bridgehead atoms. The first-order chi connectivity index (χ1) is 12.6. The summed E-state index contributed by atoms with van der Waals surface area (Å²) in [5, 5.41) is 21.4. The summed E-state index contributed by atoms with van der Waals surface area (Å²) in [6, 6.07) is 3.83. The zero-order valence-electron chi connectivity index (χ0n) is 14.4. The van der Waals surface area contributed by atoms with Crippen LogP contribution in [0.5, 0.6) is 0 Å². The van der Waals surface area contributed by atoms with Gasteiger partial charge in [0.25, 0.3) is 0 Å². The monoisotopic (exact) mass is 352 g/mol. The molecule has 0 radical (unpaired) electrons. The zero-order chi connectivity index (χ0) is 18.1. The number of aromatic nitrogens is 4. The van der Waals surface area contributed by atoms with Gasteiger partial charge in [-0.05, 0) is 37.1 Å². The van der Waals surface area contributed by atoms with Gasteiger partial charge in [0.2, 0.25) is 0 Å². The van der Waals surface area contributed by atoms with Crippen molar-refractivity contribution in [1.29, 1.82) is 0 Å². The highest BCUT2D eigenvalue weighted by Crippen LogP contribution is 2.30. The number of nitrogens with one attached hydrogen (secondary N) is 2. The lowest BCUT2D eigenvalue weighted by Crippen LogP contribution is -2.38. The maximum Gasteiger partial charge on any atom is 0.337 e. The van der Waals surface area contributed by atoms with Gasteiger partial charge in [0.15, 0.2) is 0 Å². The van der Waals surface area contributed by atoms with E-state index in [0.29, 0.717) is 16.7 Å². The third-order valence-corrected chi connectivity index (χ3v) is 4.65. The topological polar surface area (TPSA) is 105 Å². The molecule has 4 rings (SSSR count). The van der Waals surface area contributed by atoms with Gasteiger partial charge in [-0.25, -0.2) is 14.8 Å². The van der Waals surface area contributed by atoms with Gasteiger partial charge in [0.1, 0.15) is 12.1 Å². The number of hydrogen-bond acceptors (Lipinski definition) is 6. The van der Waals surface area contributed by atoms with Crippen LogP contribution in [0.25, 0.3) is 22.0 Å². The van der Waals surface area contributed by atoms with E-state index in [-0.39, 0.29) is 11.6 Å². The fourth-order valence-electron chi connectivity index (χ4n) is 3.35. The summed E-state index contributed by atoms with van der Waals surface area (Å²) in [6.45, 7) is 1.89. The Kier molecular flexibility index (Phi) is 4.26. The third kappa shape index (κ3) is 3.11. The molecule has 3 heterocycles. The van der Waals surface area contributed by atoms with Crippen LogP contribution in [0.2, 0.25) is 0 Å². The van der Waals surface area contributed by atoms with Gasteiger partial charge in [0, 0.05) is 36.8 Å². The highest BCUT2D eigenvalue weighted by atomic mass is 16.4. The van der Waals surface area contributed by atoms with E-state index in [2.05, 4.69) is 25.7 Å². The second-order valence-corrected chi connectivity index (χ2v) is 6.54. The highest BCUT2D eigenvalue weighted by molar-refractivity contribution is 6.06. The number of rotatable bonds is 4. The van der Waals surface area contributed by atoms with Crippen molar-refractivity contribution >= 4 is 22.7 Å². The second kappa shape index (κ2) is 6.72. The van der Waals surface area contributed by atoms with Crippen LogP contribution in [0.3, 0.4) is 0 Å². The van der Waals surface area contributed by atoms with Crippen LogP contribution in [0, 0.1) is 0 Å². The molecule has 1 saturated heterocycles. The molecule has 2 aromatic heterocycles. The minimum Gasteiger partial charge on any atom is -0.478 e. The number of carboxylic acid groups (broad SMARTS) is 1. The molecule has 1 aromatic carbocycles. The molecular formula is C18H20N6O2. The van der Waals surface area contributed by atoms with Gasteiger partial charge in [-0.2, -0.15) is 5.10 Å². The molecule has 0 amide bonds. The maximum atomic E-state index is 11.8. The Morgan fingerprint density at radius 3 is 2.92 bits per heavy atom. The fraction of sp³-hybridized carbons (Fsp3) is 0.333. The lowest BCUT2D eigenvalue weighted by Gasteiger charge is -2.24. The number of nitrogens with zero attached hydrogens (tertiary/aromatic N) is 4. The van der Waals surface area contributed by atoms with Crippen LogP contribution < -0.4 is 10.6 Å². The Bertz CT molecular complexity index is 961. The van der Waals surface area contributed by atoms with E-state index in [1.807, 2.05) is 19.3 Å². The molecule has 3 N–H and O–H groups in total. The van der Waals surface area contributed by atoms with Crippen molar-refractivity contribution in [2.45, 2.75) is 18.9 Å². The zero-order valence-corrected chi connectivity index (χ0v) is 14.4. The smallest absolute Gasteiger partial charge is 0.337 e. The molecule has 1 atom stereocenters. The molecule has 1 aliphatic heterocycles. The van der Waals surface area contributed by atoms with E-state index in [9.17, 15) is 9.90 Å². The molecule has 0 spiro atoms. The predicted molar refractivity (Wildman–Crippen MR) is 98.2 cm³/mol. The first kappa shape index (κ1) is 16.5. The summed E-state index contributed by atoms with van der Waals surface area (Å²) in [5.41, 5.74) is 2.23. The van der Waals surface area contributed by atoms with Crippen molar-refractivity contribution in [1.82, 2.24) is 25.1 Å². The number of piperidine rings is 1. The van der Waals surface area contributed by atoms with Gasteiger partial charge in [0.05, 0.1) is 17.3 Å². The molecule has 8 heteroatoms. The van der Waals surface area contributed by atoms with E-state index in [1.54, 1.807) is 16.9 Å². The Labute approximate surface area is 150 Å². The summed E-state index contributed by atoms with van der Waals surface area (Å²) in [5.74, 6) is -0.346. The van der Waals surface area contributed by atoms with Crippen LogP contribution in [-0.2, 0) is 7.05 Å². The predicted octanol–water partition coefficient (Wildman–Crippen LogP) is 1.89. The van der Waals surface area contributed by atoms with E-state index < -0.39 is 5.97 Å². The minimum absolute atomic E-state index is 0.161. The number of benzene rings is 1. The fourth-order valence-corrected chi connectivity index (χ4v) is 3.35. The average Bonchev–Trinajstić information content (AvgIpc) is 3.08. The number of carbonyl (C=O) groups is 1. The molecule has 8 nitrogen and oxygen atoms in total. The first-order valence-electron chi connectivity index (χ1n) is 8.60. The number of anilines is 1. The molecule has 1 fully saturated rings. The van der Waals surface area contributed by atoms with Crippen molar-refractivity contribution < 1.29 is 9.90 Å². The Morgan fingerprint density at radius 2 is 2.23 bits per heavy atom. The largest absolute Gasteiger partial charge is 0.478 e. The summed E-state index contributed by atoms with van der Waals surface area (Å²) in [7, 11) is 1.83. The molecule has 0 unspecified atom stereocenters. The number of carboxylic acids is 1. The van der Waals surface area contributed by atoms with Gasteiger partial charge in [-0.3, -0.25) is 4.68 Å². The molecule has 0 aliphatic carbocycles. The number of hydrogen-bond donors (Lipinski definition) is 3. The maximum absolute atomic E-state index is 11.8. The summed E-state index contributed by atoms with van der Waals surface area (Å²) in [6.07, 6.45) is 7.13. The van der Waals surface area contributed by atoms with E-state index in [1.165, 1.54) is 6.33 Å². The SMILES string of the molecule is Cn1cc(-c2cc(C(=O)O)c3ncnc(N[C@H]4CCCNC4)c3c2)cn1. The standard InChI is InChI=1S/C18H20N6O2/c1-24-9-12(7-22-24)11-5-14-16(15(6-11)18(25)26)20-10-21-17(14)23-13-3-2-4-19-8-13/h5-7,9-10,13,19H,2-4,8H2,1H3,(H,25,26)(H,20,21,23)/t13-/m0/s1. The van der Waals surface area contributed by atoms with Gasteiger partial charge in [-0.1, -0.05) is 0 Å². The lowest BCUT2D eigenvalue weighted by molar-refractivity contribution is 0.0699. The van der Waals surface area contributed by atoms with Crippen LogP contribution in [0.1, 0.15) is 23.2 Å². The van der Waals surface area contributed by atoms with Crippen molar-refractivity contribution in [2.75, 3.05) is 18.4 Å². The van der Waals surface area contributed by atoms with Crippen molar-refractivity contribution in [2.24, 2.45) is 7.05 Å². The molecule has 1 aliphatic rings. The second-order valence-electron chi connectivity index (χ2n) is 6.54. The Balaban J connectivity index is 1.84. The van der Waals surface area contributed by atoms with Gasteiger partial charge in [-0.15, -0.1) is 0 Å². The Morgan fingerprint density at radius 1 is 1.35 bits per heavy atom. The average molecular weight is 352 g/mol.